The van der Waals surface area contributed by atoms with Gasteiger partial charge in [-0.15, -0.1) is 0 Å². The number of rotatable bonds is 1. The zero-order valence-corrected chi connectivity index (χ0v) is 6.53. The molecule has 0 bridgehead atoms. The second-order valence-electron chi connectivity index (χ2n) is 2.90. The van der Waals surface area contributed by atoms with Gasteiger partial charge in [0.15, 0.2) is 0 Å². The summed E-state index contributed by atoms with van der Waals surface area (Å²) in [6, 6.07) is -0.178. The van der Waals surface area contributed by atoms with Crippen molar-refractivity contribution in [3.8, 4) is 0 Å². The van der Waals surface area contributed by atoms with Crippen LogP contribution in [-0.4, -0.2) is 46.3 Å². The number of nitrogens with zero attached hydrogens (tertiary/aromatic N) is 1. The Kier molecular flexibility index (Phi) is 2.46. The van der Waals surface area contributed by atoms with E-state index in [2.05, 4.69) is 0 Å². The van der Waals surface area contributed by atoms with Crippen LogP contribution in [0.4, 0.5) is 0 Å². The number of aliphatic hydroxyl groups excluding tert-OH is 2. The zero-order valence-electron chi connectivity index (χ0n) is 6.53. The minimum absolute atomic E-state index is 0.0589. The van der Waals surface area contributed by atoms with Gasteiger partial charge in [0.2, 0.25) is 5.91 Å². The van der Waals surface area contributed by atoms with Crippen molar-refractivity contribution in [3.05, 3.63) is 0 Å². The van der Waals surface area contributed by atoms with Gasteiger partial charge in [-0.1, -0.05) is 0 Å². The van der Waals surface area contributed by atoms with E-state index in [1.54, 1.807) is 0 Å². The summed E-state index contributed by atoms with van der Waals surface area (Å²) in [5.74, 6) is -0.0828. The van der Waals surface area contributed by atoms with Crippen LogP contribution in [0.2, 0.25) is 0 Å². The van der Waals surface area contributed by atoms with E-state index in [0.29, 0.717) is 13.0 Å². The van der Waals surface area contributed by atoms with Crippen molar-refractivity contribution >= 4 is 5.91 Å². The molecule has 1 heterocycles. The number of carbonyl (C=O) groups is 1. The van der Waals surface area contributed by atoms with E-state index in [0.717, 1.165) is 0 Å². The van der Waals surface area contributed by atoms with Crippen LogP contribution in [-0.2, 0) is 4.79 Å². The van der Waals surface area contributed by atoms with Crippen molar-refractivity contribution in [1.82, 2.24) is 4.90 Å². The Balaban J connectivity index is 2.57. The van der Waals surface area contributed by atoms with Crippen LogP contribution in [0.1, 0.15) is 13.3 Å². The molecule has 0 aliphatic carbocycles. The van der Waals surface area contributed by atoms with Gasteiger partial charge < -0.3 is 15.1 Å². The van der Waals surface area contributed by atoms with Gasteiger partial charge >= 0.3 is 0 Å². The van der Waals surface area contributed by atoms with Crippen molar-refractivity contribution in [3.63, 3.8) is 0 Å². The molecule has 1 aliphatic rings. The molecule has 1 amide bonds. The van der Waals surface area contributed by atoms with Gasteiger partial charge in [-0.05, 0) is 6.42 Å². The standard InChI is InChI=1S/C7H13NO3/c1-5(10)8-3-7(11)2-6(8)4-9/h6-7,9,11H,2-4H2,1H3/t6-,7?/m0/s1. The summed E-state index contributed by atoms with van der Waals surface area (Å²) in [7, 11) is 0. The molecule has 0 aromatic heterocycles. The molecule has 11 heavy (non-hydrogen) atoms. The monoisotopic (exact) mass is 159 g/mol. The molecule has 2 N–H and O–H groups in total. The molecule has 64 valence electrons. The quantitative estimate of drug-likeness (QED) is 0.514. The highest BCUT2D eigenvalue weighted by Crippen LogP contribution is 2.16. The van der Waals surface area contributed by atoms with Crippen molar-refractivity contribution < 1.29 is 15.0 Å². The third-order valence-electron chi connectivity index (χ3n) is 2.01. The third kappa shape index (κ3) is 1.70. The summed E-state index contributed by atoms with van der Waals surface area (Å²) in [6.07, 6.45) is 0.0341. The maximum absolute atomic E-state index is 10.9. The van der Waals surface area contributed by atoms with Crippen molar-refractivity contribution in [2.24, 2.45) is 0 Å². The van der Waals surface area contributed by atoms with Crippen LogP contribution in [0, 0.1) is 0 Å². The summed E-state index contributed by atoms with van der Waals surface area (Å²) in [5.41, 5.74) is 0. The van der Waals surface area contributed by atoms with Gasteiger partial charge in [0.1, 0.15) is 0 Å². The number of hydrogen-bond donors (Lipinski definition) is 2. The Morgan fingerprint density at radius 1 is 1.73 bits per heavy atom. The Morgan fingerprint density at radius 3 is 2.73 bits per heavy atom. The second-order valence-corrected chi connectivity index (χ2v) is 2.90. The lowest BCUT2D eigenvalue weighted by Gasteiger charge is -2.20. The van der Waals surface area contributed by atoms with Gasteiger partial charge in [0.05, 0.1) is 18.8 Å². The summed E-state index contributed by atoms with van der Waals surface area (Å²) >= 11 is 0. The molecule has 1 fully saturated rings. The fourth-order valence-electron chi connectivity index (χ4n) is 1.45. The number of hydrogen-bond acceptors (Lipinski definition) is 3. The summed E-state index contributed by atoms with van der Waals surface area (Å²) < 4.78 is 0. The molecule has 0 radical (unpaired) electrons. The number of aliphatic hydroxyl groups is 2. The minimum Gasteiger partial charge on any atom is -0.394 e. The van der Waals surface area contributed by atoms with E-state index in [1.165, 1.54) is 11.8 Å². The van der Waals surface area contributed by atoms with Gasteiger partial charge in [-0.2, -0.15) is 0 Å². The van der Waals surface area contributed by atoms with E-state index in [1.807, 2.05) is 0 Å². The van der Waals surface area contributed by atoms with E-state index in [9.17, 15) is 4.79 Å². The fourth-order valence-corrected chi connectivity index (χ4v) is 1.45. The molecule has 0 aromatic carbocycles. The third-order valence-corrected chi connectivity index (χ3v) is 2.01. The van der Waals surface area contributed by atoms with Crippen molar-refractivity contribution in [1.29, 1.82) is 0 Å². The van der Waals surface area contributed by atoms with Gasteiger partial charge in [0.25, 0.3) is 0 Å². The summed E-state index contributed by atoms with van der Waals surface area (Å²) in [6.45, 7) is 1.75. The highest BCUT2D eigenvalue weighted by Gasteiger charge is 2.31. The molecule has 1 rings (SSSR count). The molecule has 4 nitrogen and oxygen atoms in total. The van der Waals surface area contributed by atoms with E-state index >= 15 is 0 Å². The molecule has 4 heteroatoms. The smallest absolute Gasteiger partial charge is 0.219 e. The minimum atomic E-state index is -0.462. The first-order chi connectivity index (χ1) is 5.15. The Labute approximate surface area is 65.4 Å². The predicted octanol–water partition coefficient (Wildman–Crippen LogP) is -1.04. The van der Waals surface area contributed by atoms with E-state index in [4.69, 9.17) is 10.2 Å². The molecule has 0 aromatic rings. The zero-order chi connectivity index (χ0) is 8.43. The lowest BCUT2D eigenvalue weighted by atomic mass is 10.2. The molecule has 0 spiro atoms. The lowest BCUT2D eigenvalue weighted by Crippen LogP contribution is -2.36. The first-order valence-electron chi connectivity index (χ1n) is 3.71. The maximum Gasteiger partial charge on any atom is 0.219 e. The average Bonchev–Trinajstić information content (AvgIpc) is 2.30. The number of likely N-dealkylation sites (tertiary alicyclic amines) is 1. The molecule has 1 saturated heterocycles. The molecule has 2 atom stereocenters. The van der Waals surface area contributed by atoms with Gasteiger partial charge in [-0.3, -0.25) is 4.79 Å². The molecule has 1 aliphatic heterocycles. The topological polar surface area (TPSA) is 60.8 Å². The van der Waals surface area contributed by atoms with Crippen molar-refractivity contribution in [2.45, 2.75) is 25.5 Å². The van der Waals surface area contributed by atoms with E-state index < -0.39 is 6.10 Å². The number of amides is 1. The number of carbonyl (C=O) groups excluding carboxylic acids is 1. The highest BCUT2D eigenvalue weighted by molar-refractivity contribution is 5.74. The average molecular weight is 159 g/mol. The van der Waals surface area contributed by atoms with Crippen LogP contribution in [0.5, 0.6) is 0 Å². The molecule has 0 saturated carbocycles. The summed E-state index contributed by atoms with van der Waals surface area (Å²) in [5, 5.41) is 17.9. The molecular weight excluding hydrogens is 146 g/mol. The predicted molar refractivity (Wildman–Crippen MR) is 38.9 cm³/mol. The van der Waals surface area contributed by atoms with Crippen LogP contribution >= 0.6 is 0 Å². The SMILES string of the molecule is CC(=O)N1CC(O)C[C@H]1CO. The number of β-amino-alcohol motifs (C(OH)–C–C–N with tert-alkyl or cyclic N) is 1. The lowest BCUT2D eigenvalue weighted by molar-refractivity contribution is -0.130. The Morgan fingerprint density at radius 2 is 2.36 bits per heavy atom. The highest BCUT2D eigenvalue weighted by atomic mass is 16.3. The molecule has 1 unspecified atom stereocenters. The maximum atomic E-state index is 10.9. The first kappa shape index (κ1) is 8.49. The summed E-state index contributed by atoms with van der Waals surface area (Å²) in [4.78, 5) is 12.4. The van der Waals surface area contributed by atoms with Crippen LogP contribution in [0.3, 0.4) is 0 Å². The van der Waals surface area contributed by atoms with Gasteiger partial charge in [-0.25, -0.2) is 0 Å². The van der Waals surface area contributed by atoms with Crippen LogP contribution in [0.25, 0.3) is 0 Å². The molecular formula is C7H13NO3. The van der Waals surface area contributed by atoms with E-state index in [-0.39, 0.29) is 18.6 Å². The Bertz CT molecular complexity index is 160. The van der Waals surface area contributed by atoms with Crippen LogP contribution in [0.15, 0.2) is 0 Å². The van der Waals surface area contributed by atoms with Gasteiger partial charge in [0, 0.05) is 13.5 Å². The largest absolute Gasteiger partial charge is 0.394 e. The first-order valence-corrected chi connectivity index (χ1v) is 3.71. The second kappa shape index (κ2) is 3.19. The fraction of sp³-hybridized carbons (Fsp3) is 0.857. The van der Waals surface area contributed by atoms with Crippen LogP contribution < -0.4 is 0 Å². The Hall–Kier alpha value is -0.610. The van der Waals surface area contributed by atoms with Crippen molar-refractivity contribution in [2.75, 3.05) is 13.2 Å². The normalized spacial score (nSPS) is 31.0.